The second-order valence-corrected chi connectivity index (χ2v) is 10.4. The molecule has 0 aliphatic rings. The predicted octanol–water partition coefficient (Wildman–Crippen LogP) is 6.75. The number of aryl methyl sites for hydroxylation is 2. The zero-order valence-corrected chi connectivity index (χ0v) is 26.5. The van der Waals surface area contributed by atoms with Gasteiger partial charge in [0.15, 0.2) is 0 Å². The summed E-state index contributed by atoms with van der Waals surface area (Å²) in [7, 11) is 1.93. The Labute approximate surface area is 256 Å². The van der Waals surface area contributed by atoms with Crippen LogP contribution in [0.5, 0.6) is 0 Å². The number of nitrogens with one attached hydrogen (secondary N) is 3. The summed E-state index contributed by atoms with van der Waals surface area (Å²) in [5.41, 5.74) is 20.6. The zero-order chi connectivity index (χ0) is 30.0. The minimum atomic E-state index is 0.569. The van der Waals surface area contributed by atoms with Gasteiger partial charge in [-0.2, -0.15) is 0 Å². The second kappa shape index (κ2) is 19.1. The van der Waals surface area contributed by atoms with Crippen LogP contribution >= 0.6 is 23.2 Å². The molecule has 0 radical (unpaired) electrons. The number of amidine groups is 1. The van der Waals surface area contributed by atoms with Gasteiger partial charge in [0.2, 0.25) is 0 Å². The van der Waals surface area contributed by atoms with Gasteiger partial charge in [-0.1, -0.05) is 31.2 Å². The Kier molecular flexibility index (Phi) is 15.9. The van der Waals surface area contributed by atoms with Crippen LogP contribution in [0.4, 0.5) is 28.4 Å². The molecule has 0 amide bonds. The fourth-order valence-corrected chi connectivity index (χ4v) is 4.44. The molecule has 0 spiro atoms. The van der Waals surface area contributed by atoms with Crippen molar-refractivity contribution in [3.8, 4) is 0 Å². The first kappa shape index (κ1) is 34.1. The molecule has 3 aromatic carbocycles. The third-order valence-corrected chi connectivity index (χ3v) is 6.83. The number of nitrogen functional groups attached to an aromatic ring is 1. The van der Waals surface area contributed by atoms with Crippen LogP contribution in [-0.4, -0.2) is 50.8 Å². The maximum absolute atomic E-state index is 6.33. The molecule has 0 aliphatic carbocycles. The molecular weight excluding hydrogens is 553 g/mol. The van der Waals surface area contributed by atoms with Crippen molar-refractivity contribution < 1.29 is 0 Å². The van der Waals surface area contributed by atoms with Crippen molar-refractivity contribution in [3.05, 3.63) is 77.4 Å². The molecule has 0 saturated carbocycles. The number of rotatable bonds is 15. The van der Waals surface area contributed by atoms with Gasteiger partial charge in [0, 0.05) is 55.7 Å². The van der Waals surface area contributed by atoms with Crippen LogP contribution in [0, 0.1) is 6.92 Å². The molecule has 0 aromatic heterocycles. The van der Waals surface area contributed by atoms with Crippen molar-refractivity contribution in [1.29, 1.82) is 0 Å². The van der Waals surface area contributed by atoms with Gasteiger partial charge in [-0.25, -0.2) is 4.99 Å². The van der Waals surface area contributed by atoms with Crippen molar-refractivity contribution in [2.24, 2.45) is 10.7 Å². The molecule has 9 heteroatoms. The summed E-state index contributed by atoms with van der Waals surface area (Å²) in [5, 5.41) is 9.68. The summed E-state index contributed by atoms with van der Waals surface area (Å²) in [5.74, 6) is 1.76. The molecule has 0 heterocycles. The Morgan fingerprint density at radius 1 is 0.878 bits per heavy atom. The number of anilines is 4. The minimum Gasteiger partial charge on any atom is -0.397 e. The molecule has 0 unspecified atom stereocenters. The highest BCUT2D eigenvalue weighted by atomic mass is 35.5. The molecule has 7 nitrogen and oxygen atoms in total. The largest absolute Gasteiger partial charge is 0.397 e. The number of benzene rings is 3. The first-order chi connectivity index (χ1) is 19.8. The fraction of sp³-hybridized carbons (Fsp3) is 0.406. The second-order valence-electron chi connectivity index (χ2n) is 9.65. The summed E-state index contributed by atoms with van der Waals surface area (Å²) >= 11 is 11.9. The van der Waals surface area contributed by atoms with E-state index in [0.29, 0.717) is 30.6 Å². The molecule has 3 aromatic rings. The maximum Gasteiger partial charge on any atom is 0.0999 e. The number of halogens is 2. The van der Waals surface area contributed by atoms with Crippen LogP contribution in [-0.2, 0) is 13.0 Å². The van der Waals surface area contributed by atoms with E-state index in [1.807, 2.05) is 32.2 Å². The van der Waals surface area contributed by atoms with Gasteiger partial charge in [-0.05, 0) is 86.9 Å². The molecule has 0 bridgehead atoms. The Hall–Kier alpha value is -3.13. The summed E-state index contributed by atoms with van der Waals surface area (Å²) in [6.07, 6.45) is 1.50. The van der Waals surface area contributed by atoms with E-state index in [1.165, 1.54) is 5.56 Å². The summed E-state index contributed by atoms with van der Waals surface area (Å²) in [4.78, 5) is 6.93. The van der Waals surface area contributed by atoms with Crippen LogP contribution in [0.25, 0.3) is 0 Å². The van der Waals surface area contributed by atoms with E-state index in [1.54, 1.807) is 0 Å². The standard InChI is InChI=1S/C29H38Cl2N6.C3H9N/c1-3-34-24-9-12-26(32)28(19-24)35-20-23-5-4-21(2)27(18-23)36-29(33)13-8-22-6-10-25(11-7-22)37(16-14-30)17-15-31;1-3-4-2/h4-7,9-12,18-19,34-35H,3,8,13-17,20,32H2,1-2H3,(H2,33,36);4H,3H2,1-2H3. The number of hydrogen-bond acceptors (Lipinski definition) is 6. The maximum atomic E-state index is 6.33. The normalized spacial score (nSPS) is 11.0. The monoisotopic (exact) mass is 599 g/mol. The van der Waals surface area contributed by atoms with E-state index in [0.717, 1.165) is 72.2 Å². The van der Waals surface area contributed by atoms with Crippen LogP contribution in [0.15, 0.2) is 65.7 Å². The van der Waals surface area contributed by atoms with Gasteiger partial charge in [0.25, 0.3) is 0 Å². The fourth-order valence-electron chi connectivity index (χ4n) is 4.04. The highest BCUT2D eigenvalue weighted by molar-refractivity contribution is 6.18. The average molecular weight is 601 g/mol. The lowest BCUT2D eigenvalue weighted by molar-refractivity contribution is 0.864. The Bertz CT molecular complexity index is 1190. The summed E-state index contributed by atoms with van der Waals surface area (Å²) in [6.45, 7) is 10.3. The molecule has 3 rings (SSSR count). The third-order valence-electron chi connectivity index (χ3n) is 6.49. The van der Waals surface area contributed by atoms with Crippen LogP contribution in [0.1, 0.15) is 37.0 Å². The minimum absolute atomic E-state index is 0.569. The van der Waals surface area contributed by atoms with Gasteiger partial charge in [0.1, 0.15) is 0 Å². The highest BCUT2D eigenvalue weighted by Crippen LogP contribution is 2.26. The Morgan fingerprint density at radius 2 is 1.54 bits per heavy atom. The number of aliphatic imine (C=N–C) groups is 1. The van der Waals surface area contributed by atoms with E-state index in [9.17, 15) is 0 Å². The van der Waals surface area contributed by atoms with Crippen molar-refractivity contribution >= 4 is 57.5 Å². The lowest BCUT2D eigenvalue weighted by atomic mass is 10.1. The molecule has 0 saturated heterocycles. The lowest BCUT2D eigenvalue weighted by Gasteiger charge is -2.23. The van der Waals surface area contributed by atoms with Gasteiger partial charge in [0.05, 0.1) is 22.9 Å². The van der Waals surface area contributed by atoms with Crippen LogP contribution in [0.2, 0.25) is 0 Å². The number of nitrogens with two attached hydrogens (primary N) is 2. The van der Waals surface area contributed by atoms with Gasteiger partial charge >= 0.3 is 0 Å². The first-order valence-electron chi connectivity index (χ1n) is 14.2. The van der Waals surface area contributed by atoms with Crippen LogP contribution < -0.4 is 32.3 Å². The van der Waals surface area contributed by atoms with Crippen molar-refractivity contribution in [1.82, 2.24) is 5.32 Å². The van der Waals surface area contributed by atoms with Gasteiger partial charge in [-0.3, -0.25) is 0 Å². The molecule has 0 fully saturated rings. The average Bonchev–Trinajstić information content (AvgIpc) is 2.98. The highest BCUT2D eigenvalue weighted by Gasteiger charge is 2.07. The zero-order valence-electron chi connectivity index (χ0n) is 24.9. The number of hydrogen-bond donors (Lipinski definition) is 5. The summed E-state index contributed by atoms with van der Waals surface area (Å²) < 4.78 is 0. The lowest BCUT2D eigenvalue weighted by Crippen LogP contribution is -2.27. The first-order valence-corrected chi connectivity index (χ1v) is 15.3. The van der Waals surface area contributed by atoms with E-state index in [2.05, 4.69) is 77.2 Å². The predicted molar refractivity (Wildman–Crippen MR) is 183 cm³/mol. The quantitative estimate of drug-likeness (QED) is 0.0572. The Balaban J connectivity index is 0.00000138. The number of alkyl halides is 2. The van der Waals surface area contributed by atoms with Gasteiger partial charge in [-0.15, -0.1) is 23.2 Å². The van der Waals surface area contributed by atoms with E-state index < -0.39 is 0 Å². The molecular formula is C32H47Cl2N7. The Morgan fingerprint density at radius 3 is 2.15 bits per heavy atom. The summed E-state index contributed by atoms with van der Waals surface area (Å²) in [6, 6.07) is 20.7. The van der Waals surface area contributed by atoms with Crippen molar-refractivity contribution in [2.75, 3.05) is 66.3 Å². The smallest absolute Gasteiger partial charge is 0.0999 e. The van der Waals surface area contributed by atoms with E-state index >= 15 is 0 Å². The molecule has 41 heavy (non-hydrogen) atoms. The SMILES string of the molecule is CCNC.CCNc1ccc(N)c(NCc2ccc(C)c(N=C(N)CCc3ccc(N(CCCl)CCCl)cc3)c2)c1. The van der Waals surface area contributed by atoms with Gasteiger partial charge < -0.3 is 32.3 Å². The molecule has 224 valence electrons. The molecule has 7 N–H and O–H groups in total. The number of nitrogens with zero attached hydrogens (tertiary/aromatic N) is 2. The molecule has 0 aliphatic heterocycles. The van der Waals surface area contributed by atoms with Crippen LogP contribution in [0.3, 0.4) is 0 Å². The van der Waals surface area contributed by atoms with Crippen molar-refractivity contribution in [2.45, 2.75) is 40.2 Å². The van der Waals surface area contributed by atoms with E-state index in [4.69, 9.17) is 39.7 Å². The topological polar surface area (TPSA) is 104 Å². The van der Waals surface area contributed by atoms with E-state index in [-0.39, 0.29) is 0 Å². The van der Waals surface area contributed by atoms with Crippen molar-refractivity contribution in [3.63, 3.8) is 0 Å². The third kappa shape index (κ3) is 12.1. The molecule has 0 atom stereocenters.